The largest absolute Gasteiger partial charge is 0.458 e. The third-order valence-corrected chi connectivity index (χ3v) is 23.7. The summed E-state index contributed by atoms with van der Waals surface area (Å²) in [6, 6.07) is 69.2. The molecule has 1 unspecified atom stereocenters. The zero-order valence-corrected chi connectivity index (χ0v) is 54.0. The van der Waals surface area contributed by atoms with Crippen molar-refractivity contribution >= 4 is 61.7 Å². The summed E-state index contributed by atoms with van der Waals surface area (Å²) in [7, 11) is -3.23. The van der Waals surface area contributed by atoms with E-state index in [1.54, 1.807) is 39.5 Å². The van der Waals surface area contributed by atoms with Crippen molar-refractivity contribution in [2.24, 2.45) is 0 Å². The van der Waals surface area contributed by atoms with Crippen molar-refractivity contribution in [3.05, 3.63) is 320 Å². The fraction of sp³-hybridized carbons (Fsp3) is 0.143. The molecule has 0 saturated carbocycles. The number of aryl methyl sites for hydroxylation is 1. The summed E-state index contributed by atoms with van der Waals surface area (Å²) in [4.78, 5) is 4.94. The molecule has 0 amide bonds. The Labute approximate surface area is 605 Å². The molecule has 1 aliphatic carbocycles. The monoisotopic (exact) mass is 1290 g/mol. The average Bonchev–Trinajstić information content (AvgIpc) is 0.720. The van der Waals surface area contributed by atoms with Gasteiger partial charge in [0.2, 0.25) is 0 Å². The fourth-order valence-electron chi connectivity index (χ4n) is 14.4. The van der Waals surface area contributed by atoms with Crippen molar-refractivity contribution in [3.8, 4) is 84.3 Å². The van der Waals surface area contributed by atoms with E-state index in [9.17, 15) is 17.8 Å². The Hall–Kier alpha value is -10.9. The highest BCUT2D eigenvalue weighted by Gasteiger charge is 2.42. The highest BCUT2D eigenvalue weighted by molar-refractivity contribution is 7.20. The maximum Gasteiger partial charge on any atom is 0.269 e. The number of benzene rings is 12. The van der Waals surface area contributed by atoms with Crippen LogP contribution in [0.2, 0.25) is 0 Å². The third-order valence-electron chi connectivity index (χ3n) is 18.9. The minimum absolute atomic E-state index is 0.111. The number of para-hydroxylation sites is 1. The van der Waals surface area contributed by atoms with E-state index in [0.29, 0.717) is 61.0 Å². The number of hydrogen-bond acceptors (Lipinski definition) is 2. The Morgan fingerprint density at radius 2 is 1.14 bits per heavy atom. The lowest BCUT2D eigenvalue weighted by molar-refractivity contribution is -0.570. The number of aromatic nitrogens is 4. The highest BCUT2D eigenvalue weighted by atomic mass is 28.3. The zero-order valence-electron chi connectivity index (χ0n) is 78.0. The van der Waals surface area contributed by atoms with Crippen LogP contribution in [0.15, 0.2) is 291 Å². The van der Waals surface area contributed by atoms with Crippen LogP contribution in [0.3, 0.4) is 0 Å². The van der Waals surface area contributed by atoms with Crippen LogP contribution in [0.1, 0.15) is 117 Å². The average molecular weight is 1290 g/mol. The van der Waals surface area contributed by atoms with Crippen LogP contribution in [0, 0.1) is 13.2 Å². The van der Waals surface area contributed by atoms with Gasteiger partial charge in [0.05, 0.1) is 44.4 Å². The molecule has 4 heterocycles. The zero-order chi connectivity index (χ0) is 87.2. The van der Waals surface area contributed by atoms with E-state index in [0.717, 1.165) is 37.3 Å². The lowest BCUT2D eigenvalue weighted by atomic mass is 9.63. The molecule has 5 nitrogen and oxygen atoms in total. The van der Waals surface area contributed by atoms with Crippen molar-refractivity contribution in [1.29, 1.82) is 0 Å². The minimum atomic E-state index is -4.30. The van der Waals surface area contributed by atoms with E-state index >= 15 is 0 Å². The van der Waals surface area contributed by atoms with Crippen LogP contribution in [-0.4, -0.2) is 22.2 Å². The molecule has 470 valence electrons. The van der Waals surface area contributed by atoms with Gasteiger partial charge in [0.15, 0.2) is 8.07 Å². The Morgan fingerprint density at radius 1 is 0.515 bits per heavy atom. The second-order valence-corrected chi connectivity index (χ2v) is 29.7. The molecule has 3 aromatic heterocycles. The molecule has 15 aromatic rings. The van der Waals surface area contributed by atoms with Gasteiger partial charge in [-0.05, 0) is 171 Å². The van der Waals surface area contributed by atoms with Gasteiger partial charge in [-0.25, -0.2) is 4.98 Å². The molecule has 17 rings (SSSR count). The highest BCUT2D eigenvalue weighted by Crippen LogP contribution is 2.50. The molecule has 97 heavy (non-hydrogen) atoms. The van der Waals surface area contributed by atoms with Crippen LogP contribution in [0.5, 0.6) is 11.5 Å². The van der Waals surface area contributed by atoms with Crippen LogP contribution in [-0.2, 0) is 16.2 Å². The van der Waals surface area contributed by atoms with Gasteiger partial charge < -0.3 is 4.74 Å². The topological polar surface area (TPSA) is 35.9 Å². The van der Waals surface area contributed by atoms with E-state index in [-0.39, 0.29) is 45.3 Å². The first-order valence-electron chi connectivity index (χ1n) is 44.7. The summed E-state index contributed by atoms with van der Waals surface area (Å²) >= 11 is 0. The minimum Gasteiger partial charge on any atom is -0.458 e. The standard InChI is InChI=1S/C91H76N4OSi/c1-60-51-86(92-58-80(60)61-27-13-9-14-28-61)95-83-48-45-70(97(67-31-15-10-16-32-67,68-33-17-11-18-34-68)69-35-19-12-20-36-69)57-78(83)75-46-44-66(56-85(75)95)96-65-30-25-29-64(55-65)93-59-94-87-77(62-43-47-81-82(52-62)91(7,8)50-49-90(81,5)6)53-63(89(2,3)4)54-79(87)74-40-24-22-38-72(74)71-37-21-23-39-73(71)76-41-26-42-84(93)88(76)94/h9-48,51-58H,49-50H2,1-8H3/i1D3,5D,6D3,7D3,8D3,9D,13D,14D,27D,28D,43D,47D,49D2,50D2,52D. The Bertz CT molecular complexity index is 6690. The van der Waals surface area contributed by atoms with Gasteiger partial charge in [-0.2, -0.15) is 0 Å². The van der Waals surface area contributed by atoms with E-state index in [4.69, 9.17) is 26.2 Å². The summed E-state index contributed by atoms with van der Waals surface area (Å²) in [6.07, 6.45) is -3.55. The van der Waals surface area contributed by atoms with Crippen LogP contribution in [0.4, 0.5) is 0 Å². The maximum atomic E-state index is 10.7. The Balaban J connectivity index is 0.911. The number of pyridine rings is 1. The summed E-state index contributed by atoms with van der Waals surface area (Å²) in [5.41, 5.74) is -5.85. The molecule has 0 radical (unpaired) electrons. The van der Waals surface area contributed by atoms with Gasteiger partial charge in [0.1, 0.15) is 17.3 Å². The van der Waals surface area contributed by atoms with Gasteiger partial charge in [-0.3, -0.25) is 13.7 Å². The first kappa shape index (κ1) is 38.6. The third kappa shape index (κ3) is 9.86. The van der Waals surface area contributed by atoms with E-state index in [1.165, 1.54) is 12.3 Å². The molecule has 0 fully saturated rings. The smallest absolute Gasteiger partial charge is 0.269 e. The molecule has 0 saturated heterocycles. The second-order valence-electron chi connectivity index (χ2n) is 25.9. The van der Waals surface area contributed by atoms with E-state index < -0.39 is 136 Å². The van der Waals surface area contributed by atoms with Crippen molar-refractivity contribution in [1.82, 2.24) is 14.1 Å². The Morgan fingerprint density at radius 3 is 1.81 bits per heavy atom. The normalized spacial score (nSPS) is 20.1. The number of rotatable bonds is 10. The number of ether oxygens (including phenoxy) is 1. The van der Waals surface area contributed by atoms with Crippen LogP contribution in [0.25, 0.3) is 106 Å². The molecule has 0 spiro atoms. The van der Waals surface area contributed by atoms with Gasteiger partial charge in [-0.15, -0.1) is 0 Å². The molecular formula is C91H76N4OSi. The molecule has 12 aromatic carbocycles. The SMILES string of the molecule is [2H]CC1(C([2H])([2H])[2H])c2c([2H])c([2H])c(-c3cc(C(C)(C)C)cc4c3-[n+]3[c-]n(-c5cccc(Oc6ccc7c8cc([Si](c9ccccc9)(c9ccccc9)c9ccccc9)ccc8n(-c8cc(C([2H])([2H])[2H])c(-c9c([2H])c([2H])c([2H])c([2H])c9[2H])cn8)c7c6)c5)c5cccc(c53)-c3ccccc3-c3ccccc3-4)c([2H])c2C(C([2H])([2H])[2H])(C([2H])([2H])[2H])C([2H])([2H])C1([2H])[2H]. The molecule has 0 bridgehead atoms. The Kier molecular flexibility index (Phi) is 9.11. The lowest BCUT2D eigenvalue weighted by Gasteiger charge is -2.42. The first-order chi connectivity index (χ1) is 57.5. The van der Waals surface area contributed by atoms with Crippen LogP contribution < -0.4 is 30.1 Å². The number of fused-ring (bicyclic) bond motifs is 11. The van der Waals surface area contributed by atoms with Gasteiger partial charge in [-0.1, -0.05) is 285 Å². The predicted octanol–water partition coefficient (Wildman–Crippen LogP) is 20.0. The van der Waals surface area contributed by atoms with Crippen molar-refractivity contribution in [2.75, 3.05) is 0 Å². The van der Waals surface area contributed by atoms with E-state index in [1.807, 2.05) is 177 Å². The van der Waals surface area contributed by atoms with Crippen molar-refractivity contribution in [3.63, 3.8) is 0 Å². The fourth-order valence-corrected chi connectivity index (χ4v) is 19.2. The molecule has 1 atom stereocenters. The van der Waals surface area contributed by atoms with Gasteiger partial charge in [0, 0.05) is 51.9 Å². The van der Waals surface area contributed by atoms with Crippen molar-refractivity contribution in [2.45, 2.75) is 84.1 Å². The summed E-state index contributed by atoms with van der Waals surface area (Å²) in [6.45, 7) is -11.0. The van der Waals surface area contributed by atoms with Crippen molar-refractivity contribution < 1.29 is 43.6 Å². The number of imidazole rings is 1. The molecular weight excluding hydrogens is 1190 g/mol. The molecule has 6 heteroatoms. The van der Waals surface area contributed by atoms with E-state index in [2.05, 4.69) is 54.9 Å². The lowest BCUT2D eigenvalue weighted by Crippen LogP contribution is -2.74. The van der Waals surface area contributed by atoms with Gasteiger partial charge in [0.25, 0.3) is 6.33 Å². The predicted molar refractivity (Wildman–Crippen MR) is 405 cm³/mol. The molecule has 2 aliphatic rings. The second kappa shape index (κ2) is 22.9. The first-order valence-corrected chi connectivity index (χ1v) is 34.0. The summed E-state index contributed by atoms with van der Waals surface area (Å²) in [5, 5.41) is 5.78. The van der Waals surface area contributed by atoms with Gasteiger partial charge >= 0.3 is 0 Å². The van der Waals surface area contributed by atoms with Crippen LogP contribution >= 0.6 is 0 Å². The summed E-state index contributed by atoms with van der Waals surface area (Å²) in [5.74, 6) is 0.681. The number of hydrogen-bond donors (Lipinski definition) is 0. The number of nitrogens with zero attached hydrogens (tertiary/aromatic N) is 4. The maximum absolute atomic E-state index is 10.7. The summed E-state index contributed by atoms with van der Waals surface area (Å²) < 4.78 is 244. The quantitative estimate of drug-likeness (QED) is 0.0592. The molecule has 0 N–H and O–H groups in total. The molecule has 1 aliphatic heterocycles.